The summed E-state index contributed by atoms with van der Waals surface area (Å²) in [5.74, 6) is 0.0470. The van der Waals surface area contributed by atoms with Gasteiger partial charge in [0.25, 0.3) is 5.91 Å². The van der Waals surface area contributed by atoms with Crippen LogP contribution < -0.4 is 5.32 Å². The van der Waals surface area contributed by atoms with E-state index >= 15 is 0 Å². The van der Waals surface area contributed by atoms with Crippen molar-refractivity contribution in [2.45, 2.75) is 38.6 Å². The van der Waals surface area contributed by atoms with Gasteiger partial charge in [-0.3, -0.25) is 4.79 Å². The predicted octanol–water partition coefficient (Wildman–Crippen LogP) is 2.74. The van der Waals surface area contributed by atoms with E-state index in [2.05, 4.69) is 5.32 Å². The zero-order valence-corrected chi connectivity index (χ0v) is 12.6. The van der Waals surface area contributed by atoms with E-state index in [1.807, 2.05) is 11.8 Å². The molecule has 1 unspecified atom stereocenters. The Hall–Kier alpha value is -1.42. The number of halogens is 1. The number of hydrogen-bond donors (Lipinski definition) is 1. The van der Waals surface area contributed by atoms with Crippen LogP contribution in [0.5, 0.6) is 0 Å². The zero-order chi connectivity index (χ0) is 14.8. The topological polar surface area (TPSA) is 32.3 Å². The lowest BCUT2D eigenvalue weighted by atomic mass is 10.1. The highest BCUT2D eigenvalue weighted by Gasteiger charge is 2.30. The van der Waals surface area contributed by atoms with Gasteiger partial charge in [0.15, 0.2) is 0 Å². The highest BCUT2D eigenvalue weighted by Crippen LogP contribution is 2.30. The first kappa shape index (κ1) is 14.5. The second-order valence-electron chi connectivity index (χ2n) is 6.43. The van der Waals surface area contributed by atoms with Gasteiger partial charge in [0.05, 0.1) is 5.56 Å². The van der Waals surface area contributed by atoms with Crippen LogP contribution in [0.1, 0.15) is 41.6 Å². The van der Waals surface area contributed by atoms with Gasteiger partial charge in [0.1, 0.15) is 5.82 Å². The maximum absolute atomic E-state index is 14.0. The van der Waals surface area contributed by atoms with E-state index in [1.165, 1.54) is 18.9 Å². The summed E-state index contributed by atoms with van der Waals surface area (Å²) in [6.07, 6.45) is 4.65. The van der Waals surface area contributed by atoms with Crippen LogP contribution in [-0.4, -0.2) is 36.5 Å². The standard InChI is InChI=1S/C17H23FN2O/c1-12-4-7-16(18)15(9-12)17(21)20(10-13-5-6-13)11-14-3-2-8-19-14/h4,7,9,13-14,19H,2-3,5-6,8,10-11H2,1H3. The Labute approximate surface area is 125 Å². The number of benzene rings is 1. The average molecular weight is 290 g/mol. The number of carbonyl (C=O) groups is 1. The molecule has 1 saturated heterocycles. The second-order valence-corrected chi connectivity index (χ2v) is 6.43. The van der Waals surface area contributed by atoms with Crippen molar-refractivity contribution in [1.82, 2.24) is 10.2 Å². The molecule has 1 aromatic rings. The number of hydrogen-bond acceptors (Lipinski definition) is 2. The van der Waals surface area contributed by atoms with Crippen molar-refractivity contribution in [3.8, 4) is 0 Å². The molecule has 1 N–H and O–H groups in total. The minimum atomic E-state index is -0.411. The largest absolute Gasteiger partial charge is 0.337 e. The average Bonchev–Trinajstić information content (AvgIpc) is 3.13. The van der Waals surface area contributed by atoms with Crippen molar-refractivity contribution < 1.29 is 9.18 Å². The molecule has 0 aromatic heterocycles. The molecule has 3 nitrogen and oxygen atoms in total. The third-order valence-corrected chi connectivity index (χ3v) is 4.42. The van der Waals surface area contributed by atoms with E-state index in [1.54, 1.807) is 12.1 Å². The van der Waals surface area contributed by atoms with E-state index in [9.17, 15) is 9.18 Å². The fourth-order valence-electron chi connectivity index (χ4n) is 3.00. The summed E-state index contributed by atoms with van der Waals surface area (Å²) in [5.41, 5.74) is 1.14. The molecule has 0 spiro atoms. The third-order valence-electron chi connectivity index (χ3n) is 4.42. The molecule has 2 aliphatic rings. The normalized spacial score (nSPS) is 21.5. The number of rotatable bonds is 5. The van der Waals surface area contributed by atoms with E-state index in [-0.39, 0.29) is 11.5 Å². The lowest BCUT2D eigenvalue weighted by Crippen LogP contribution is -2.42. The molecule has 2 fully saturated rings. The van der Waals surface area contributed by atoms with Crippen LogP contribution in [0, 0.1) is 18.7 Å². The molecule has 114 valence electrons. The fraction of sp³-hybridized carbons (Fsp3) is 0.588. The number of aryl methyl sites for hydroxylation is 1. The van der Waals surface area contributed by atoms with Crippen molar-refractivity contribution in [2.24, 2.45) is 5.92 Å². The quantitative estimate of drug-likeness (QED) is 0.904. The minimum Gasteiger partial charge on any atom is -0.337 e. The van der Waals surface area contributed by atoms with Gasteiger partial charge < -0.3 is 10.2 Å². The van der Waals surface area contributed by atoms with E-state index in [0.29, 0.717) is 18.5 Å². The number of amides is 1. The Morgan fingerprint density at radius 2 is 2.14 bits per heavy atom. The molecule has 1 aromatic carbocycles. The molecule has 1 amide bonds. The highest BCUT2D eigenvalue weighted by atomic mass is 19.1. The van der Waals surface area contributed by atoms with E-state index < -0.39 is 5.82 Å². The first-order valence-electron chi connectivity index (χ1n) is 7.92. The molecule has 1 heterocycles. The summed E-state index contributed by atoms with van der Waals surface area (Å²) in [4.78, 5) is 14.6. The SMILES string of the molecule is Cc1ccc(F)c(C(=O)N(CC2CC2)CC2CCCN2)c1. The molecular weight excluding hydrogens is 267 g/mol. The third kappa shape index (κ3) is 3.62. The molecule has 1 saturated carbocycles. The summed E-state index contributed by atoms with van der Waals surface area (Å²) in [5, 5.41) is 3.43. The smallest absolute Gasteiger partial charge is 0.256 e. The first-order chi connectivity index (χ1) is 10.1. The maximum Gasteiger partial charge on any atom is 0.256 e. The molecular formula is C17H23FN2O. The van der Waals surface area contributed by atoms with Gasteiger partial charge in [-0.25, -0.2) is 4.39 Å². The van der Waals surface area contributed by atoms with Crippen LogP contribution in [0.3, 0.4) is 0 Å². The fourth-order valence-corrected chi connectivity index (χ4v) is 3.00. The summed E-state index contributed by atoms with van der Waals surface area (Å²) in [6.45, 7) is 4.38. The van der Waals surface area contributed by atoms with Crippen LogP contribution in [-0.2, 0) is 0 Å². The lowest BCUT2D eigenvalue weighted by molar-refractivity contribution is 0.0728. The molecule has 1 atom stereocenters. The predicted molar refractivity (Wildman–Crippen MR) is 80.8 cm³/mol. The van der Waals surface area contributed by atoms with Gasteiger partial charge in [0.2, 0.25) is 0 Å². The number of carbonyl (C=O) groups excluding carboxylic acids is 1. The van der Waals surface area contributed by atoms with Gasteiger partial charge in [-0.05, 0) is 57.2 Å². The van der Waals surface area contributed by atoms with Crippen molar-refractivity contribution in [1.29, 1.82) is 0 Å². The Morgan fingerprint density at radius 1 is 1.33 bits per heavy atom. The summed E-state index contributed by atoms with van der Waals surface area (Å²) in [6, 6.07) is 5.13. The highest BCUT2D eigenvalue weighted by molar-refractivity contribution is 5.94. The maximum atomic E-state index is 14.0. The number of nitrogens with one attached hydrogen (secondary N) is 1. The molecule has 3 rings (SSSR count). The molecule has 21 heavy (non-hydrogen) atoms. The van der Waals surface area contributed by atoms with Gasteiger partial charge in [0, 0.05) is 19.1 Å². The molecule has 0 radical (unpaired) electrons. The van der Waals surface area contributed by atoms with Gasteiger partial charge in [-0.1, -0.05) is 11.6 Å². The Bertz CT molecular complexity index is 522. The van der Waals surface area contributed by atoms with Crippen molar-refractivity contribution in [2.75, 3.05) is 19.6 Å². The Morgan fingerprint density at radius 3 is 2.81 bits per heavy atom. The summed E-state index contributed by atoms with van der Waals surface area (Å²) >= 11 is 0. The molecule has 1 aliphatic carbocycles. The second kappa shape index (κ2) is 6.14. The van der Waals surface area contributed by atoms with Crippen LogP contribution >= 0.6 is 0 Å². The van der Waals surface area contributed by atoms with Gasteiger partial charge in [-0.2, -0.15) is 0 Å². The van der Waals surface area contributed by atoms with Crippen LogP contribution in [0.25, 0.3) is 0 Å². The van der Waals surface area contributed by atoms with Gasteiger partial charge in [-0.15, -0.1) is 0 Å². The van der Waals surface area contributed by atoms with E-state index in [4.69, 9.17) is 0 Å². The zero-order valence-electron chi connectivity index (χ0n) is 12.6. The van der Waals surface area contributed by atoms with Crippen LogP contribution in [0.2, 0.25) is 0 Å². The minimum absolute atomic E-state index is 0.156. The Kier molecular flexibility index (Phi) is 4.24. The first-order valence-corrected chi connectivity index (χ1v) is 7.92. The van der Waals surface area contributed by atoms with Crippen LogP contribution in [0.4, 0.5) is 4.39 Å². The summed E-state index contributed by atoms with van der Waals surface area (Å²) in [7, 11) is 0. The lowest BCUT2D eigenvalue weighted by Gasteiger charge is -2.26. The molecule has 4 heteroatoms. The van der Waals surface area contributed by atoms with Gasteiger partial charge >= 0.3 is 0 Å². The Balaban J connectivity index is 1.76. The van der Waals surface area contributed by atoms with Crippen molar-refractivity contribution in [3.63, 3.8) is 0 Å². The molecule has 0 bridgehead atoms. The van der Waals surface area contributed by atoms with Crippen molar-refractivity contribution >= 4 is 5.91 Å². The van der Waals surface area contributed by atoms with E-state index in [0.717, 1.165) is 31.5 Å². The molecule has 1 aliphatic heterocycles. The van der Waals surface area contributed by atoms with Crippen LogP contribution in [0.15, 0.2) is 18.2 Å². The summed E-state index contributed by atoms with van der Waals surface area (Å²) < 4.78 is 14.0. The number of nitrogens with zero attached hydrogens (tertiary/aromatic N) is 1. The van der Waals surface area contributed by atoms with Crippen molar-refractivity contribution in [3.05, 3.63) is 35.1 Å². The monoisotopic (exact) mass is 290 g/mol.